The van der Waals surface area contributed by atoms with Crippen molar-refractivity contribution in [3.8, 4) is 5.75 Å². The Morgan fingerprint density at radius 2 is 1.61 bits per heavy atom. The van der Waals surface area contributed by atoms with Crippen molar-refractivity contribution in [3.63, 3.8) is 0 Å². The van der Waals surface area contributed by atoms with Gasteiger partial charge in [-0.25, -0.2) is 0 Å². The van der Waals surface area contributed by atoms with Crippen molar-refractivity contribution >= 4 is 15.9 Å². The summed E-state index contributed by atoms with van der Waals surface area (Å²) in [7, 11) is 0. The molecule has 0 saturated carbocycles. The van der Waals surface area contributed by atoms with Gasteiger partial charge >= 0.3 is 0 Å². The van der Waals surface area contributed by atoms with Crippen molar-refractivity contribution in [3.05, 3.63) is 63.6 Å². The second kappa shape index (κ2) is 6.05. The van der Waals surface area contributed by atoms with E-state index in [0.29, 0.717) is 6.61 Å². The summed E-state index contributed by atoms with van der Waals surface area (Å²) in [6.45, 7) is 4.88. The van der Waals surface area contributed by atoms with Crippen LogP contribution < -0.4 is 4.74 Å². The molecular formula is C16H17BrO. The Morgan fingerprint density at radius 3 is 2.22 bits per heavy atom. The number of rotatable bonds is 4. The van der Waals surface area contributed by atoms with Gasteiger partial charge in [-0.3, -0.25) is 0 Å². The molecule has 0 unspecified atom stereocenters. The number of hydrogen-bond acceptors (Lipinski definition) is 1. The fourth-order valence-corrected chi connectivity index (χ4v) is 2.15. The molecule has 1 nitrogen and oxygen atoms in total. The molecule has 94 valence electrons. The predicted octanol–water partition coefficient (Wildman–Crippen LogP) is 4.69. The third-order valence-electron chi connectivity index (χ3n) is 2.91. The Balaban J connectivity index is 1.95. The summed E-state index contributed by atoms with van der Waals surface area (Å²) >= 11 is 3.56. The Labute approximate surface area is 117 Å². The maximum absolute atomic E-state index is 5.81. The van der Waals surface area contributed by atoms with E-state index in [9.17, 15) is 0 Å². The third kappa shape index (κ3) is 3.36. The molecule has 0 aliphatic rings. The molecule has 0 aromatic heterocycles. The molecule has 0 radical (unpaired) electrons. The quantitative estimate of drug-likeness (QED) is 0.796. The molecule has 18 heavy (non-hydrogen) atoms. The predicted molar refractivity (Wildman–Crippen MR) is 79.3 cm³/mol. The van der Waals surface area contributed by atoms with Crippen LogP contribution in [0.5, 0.6) is 5.75 Å². The highest BCUT2D eigenvalue weighted by molar-refractivity contribution is 9.10. The average molecular weight is 305 g/mol. The van der Waals surface area contributed by atoms with Crippen LogP contribution in [-0.2, 0) is 6.42 Å². The van der Waals surface area contributed by atoms with E-state index in [-0.39, 0.29) is 0 Å². The molecule has 2 heteroatoms. The highest BCUT2D eigenvalue weighted by atomic mass is 79.9. The molecule has 0 atom stereocenters. The van der Waals surface area contributed by atoms with E-state index in [1.165, 1.54) is 16.7 Å². The smallest absolute Gasteiger partial charge is 0.119 e. The highest BCUT2D eigenvalue weighted by Crippen LogP contribution is 2.26. The van der Waals surface area contributed by atoms with Crippen LogP contribution in [0.25, 0.3) is 0 Å². The van der Waals surface area contributed by atoms with E-state index < -0.39 is 0 Å². The first-order chi connectivity index (χ1) is 8.66. The molecule has 0 saturated heterocycles. The zero-order valence-electron chi connectivity index (χ0n) is 10.7. The van der Waals surface area contributed by atoms with E-state index in [2.05, 4.69) is 66.2 Å². The van der Waals surface area contributed by atoms with Crippen LogP contribution in [0, 0.1) is 13.8 Å². The summed E-state index contributed by atoms with van der Waals surface area (Å²) in [6, 6.07) is 14.5. The van der Waals surface area contributed by atoms with E-state index in [1.807, 2.05) is 6.07 Å². The first kappa shape index (κ1) is 13.2. The first-order valence-electron chi connectivity index (χ1n) is 6.10. The molecule has 0 bridgehead atoms. The van der Waals surface area contributed by atoms with Crippen LogP contribution in [0.4, 0.5) is 0 Å². The normalized spacial score (nSPS) is 10.4. The van der Waals surface area contributed by atoms with Gasteiger partial charge in [0.2, 0.25) is 0 Å². The summed E-state index contributed by atoms with van der Waals surface area (Å²) in [5.74, 6) is 0.948. The Kier molecular flexibility index (Phi) is 4.43. The molecule has 0 spiro atoms. The first-order valence-corrected chi connectivity index (χ1v) is 6.89. The minimum atomic E-state index is 0.713. The summed E-state index contributed by atoms with van der Waals surface area (Å²) in [4.78, 5) is 0. The summed E-state index contributed by atoms with van der Waals surface area (Å²) in [5.41, 5.74) is 3.73. The van der Waals surface area contributed by atoms with Gasteiger partial charge < -0.3 is 4.74 Å². The molecule has 2 aromatic carbocycles. The van der Waals surface area contributed by atoms with Gasteiger partial charge in [-0.1, -0.05) is 46.3 Å². The molecular weight excluding hydrogens is 288 g/mol. The number of hydrogen-bond donors (Lipinski definition) is 0. The van der Waals surface area contributed by atoms with Crippen LogP contribution >= 0.6 is 15.9 Å². The van der Waals surface area contributed by atoms with Crippen molar-refractivity contribution in [2.75, 3.05) is 6.61 Å². The minimum Gasteiger partial charge on any atom is -0.493 e. The van der Waals surface area contributed by atoms with E-state index in [1.54, 1.807) is 0 Å². The Hall–Kier alpha value is -1.28. The van der Waals surface area contributed by atoms with Crippen molar-refractivity contribution in [1.82, 2.24) is 0 Å². The lowest BCUT2D eigenvalue weighted by Crippen LogP contribution is -2.01. The van der Waals surface area contributed by atoms with Gasteiger partial charge in [0.15, 0.2) is 0 Å². The van der Waals surface area contributed by atoms with Gasteiger partial charge in [0, 0.05) is 10.9 Å². The van der Waals surface area contributed by atoms with Gasteiger partial charge in [0.05, 0.1) is 6.61 Å². The van der Waals surface area contributed by atoms with Gasteiger partial charge in [-0.05, 0) is 42.7 Å². The van der Waals surface area contributed by atoms with E-state index in [4.69, 9.17) is 4.74 Å². The molecule has 0 aliphatic carbocycles. The van der Waals surface area contributed by atoms with Crippen molar-refractivity contribution in [2.24, 2.45) is 0 Å². The molecule has 0 aliphatic heterocycles. The zero-order chi connectivity index (χ0) is 13.0. The average Bonchev–Trinajstić information content (AvgIpc) is 2.37. The minimum absolute atomic E-state index is 0.713. The lowest BCUT2D eigenvalue weighted by atomic mass is 10.1. The maximum Gasteiger partial charge on any atom is 0.119 e. The monoisotopic (exact) mass is 304 g/mol. The third-order valence-corrected chi connectivity index (χ3v) is 4.16. The molecule has 0 amide bonds. The summed E-state index contributed by atoms with van der Waals surface area (Å²) < 4.78 is 6.97. The number of ether oxygens (including phenoxy) is 1. The highest BCUT2D eigenvalue weighted by Gasteiger charge is 2.03. The molecule has 0 heterocycles. The van der Waals surface area contributed by atoms with Gasteiger partial charge in [0.1, 0.15) is 5.75 Å². The topological polar surface area (TPSA) is 9.23 Å². The van der Waals surface area contributed by atoms with Crippen molar-refractivity contribution in [1.29, 1.82) is 0 Å². The standard InChI is InChI=1S/C16H17BrO/c1-12-10-15(11-13(2)16(12)17)18-9-8-14-6-4-3-5-7-14/h3-7,10-11H,8-9H2,1-2H3. The second-order valence-electron chi connectivity index (χ2n) is 4.46. The number of halogens is 1. The van der Waals surface area contributed by atoms with E-state index >= 15 is 0 Å². The number of benzene rings is 2. The molecule has 2 rings (SSSR count). The number of aryl methyl sites for hydroxylation is 2. The largest absolute Gasteiger partial charge is 0.493 e. The van der Waals surface area contributed by atoms with Crippen LogP contribution in [0.2, 0.25) is 0 Å². The fourth-order valence-electron chi connectivity index (χ4n) is 1.92. The van der Waals surface area contributed by atoms with Crippen molar-refractivity contribution < 1.29 is 4.74 Å². The van der Waals surface area contributed by atoms with Gasteiger partial charge in [0.25, 0.3) is 0 Å². The summed E-state index contributed by atoms with van der Waals surface area (Å²) in [6.07, 6.45) is 0.939. The van der Waals surface area contributed by atoms with Crippen LogP contribution in [0.3, 0.4) is 0 Å². The van der Waals surface area contributed by atoms with Gasteiger partial charge in [-0.15, -0.1) is 0 Å². The SMILES string of the molecule is Cc1cc(OCCc2ccccc2)cc(C)c1Br. The zero-order valence-corrected chi connectivity index (χ0v) is 12.3. The van der Waals surface area contributed by atoms with Crippen LogP contribution in [0.15, 0.2) is 46.9 Å². The lowest BCUT2D eigenvalue weighted by molar-refractivity contribution is 0.321. The van der Waals surface area contributed by atoms with E-state index in [0.717, 1.165) is 16.6 Å². The van der Waals surface area contributed by atoms with Crippen LogP contribution in [-0.4, -0.2) is 6.61 Å². The fraction of sp³-hybridized carbons (Fsp3) is 0.250. The Morgan fingerprint density at radius 1 is 1.00 bits per heavy atom. The summed E-state index contributed by atoms with van der Waals surface area (Å²) in [5, 5.41) is 0. The van der Waals surface area contributed by atoms with Gasteiger partial charge in [-0.2, -0.15) is 0 Å². The lowest BCUT2D eigenvalue weighted by Gasteiger charge is -2.10. The maximum atomic E-state index is 5.81. The molecule has 0 fully saturated rings. The molecule has 0 N–H and O–H groups in total. The van der Waals surface area contributed by atoms with Crippen LogP contribution in [0.1, 0.15) is 16.7 Å². The Bertz CT molecular complexity index is 497. The molecule has 2 aromatic rings. The second-order valence-corrected chi connectivity index (χ2v) is 5.25. The van der Waals surface area contributed by atoms with Crippen molar-refractivity contribution in [2.45, 2.75) is 20.3 Å².